The molecule has 0 aliphatic heterocycles. The predicted molar refractivity (Wildman–Crippen MR) is 71.0 cm³/mol. The van der Waals surface area contributed by atoms with Gasteiger partial charge in [-0.05, 0) is 18.1 Å². The van der Waals surface area contributed by atoms with Crippen LogP contribution in [0.2, 0.25) is 0 Å². The second-order valence-corrected chi connectivity index (χ2v) is 4.64. The van der Waals surface area contributed by atoms with Gasteiger partial charge in [-0.3, -0.25) is 14.9 Å². The number of hydrogen-bond acceptors (Lipinski definition) is 4. The van der Waals surface area contributed by atoms with E-state index in [9.17, 15) is 19.3 Å². The van der Waals surface area contributed by atoms with Gasteiger partial charge >= 0.3 is 0 Å². The molecule has 0 aromatic heterocycles. The number of amides is 1. The van der Waals surface area contributed by atoms with E-state index in [4.69, 9.17) is 4.74 Å². The zero-order valence-electron chi connectivity index (χ0n) is 11.4. The molecule has 110 valence electrons. The standard InChI is InChI=1S/C13H17FN2O4/c1-9(2)8-20-6-5-15-13(17)11-7-10(14)3-4-12(11)16(18)19/h3-4,7,9H,5-6,8H2,1-2H3,(H,15,17). The van der Waals surface area contributed by atoms with Crippen molar-refractivity contribution < 1.29 is 18.8 Å². The molecule has 1 rings (SSSR count). The number of benzene rings is 1. The molecule has 0 radical (unpaired) electrons. The second kappa shape index (κ2) is 7.54. The van der Waals surface area contributed by atoms with Gasteiger partial charge in [0.25, 0.3) is 11.6 Å². The van der Waals surface area contributed by atoms with E-state index < -0.39 is 22.3 Å². The maximum atomic E-state index is 13.1. The first-order chi connectivity index (χ1) is 9.41. The molecule has 1 amide bonds. The van der Waals surface area contributed by atoms with Gasteiger partial charge < -0.3 is 10.1 Å². The third kappa shape index (κ3) is 4.93. The summed E-state index contributed by atoms with van der Waals surface area (Å²) in [5.74, 6) is -1.00. The molecule has 1 aromatic rings. The highest BCUT2D eigenvalue weighted by molar-refractivity contribution is 5.98. The molecule has 7 heteroatoms. The van der Waals surface area contributed by atoms with E-state index in [0.29, 0.717) is 19.1 Å². The number of rotatable bonds is 7. The van der Waals surface area contributed by atoms with Crippen LogP contribution >= 0.6 is 0 Å². The number of nitro benzene ring substituents is 1. The molecule has 0 unspecified atom stereocenters. The summed E-state index contributed by atoms with van der Waals surface area (Å²) in [6.45, 7) is 5.06. The molecule has 20 heavy (non-hydrogen) atoms. The molecular formula is C13H17FN2O4. The Balaban J connectivity index is 2.59. The summed E-state index contributed by atoms with van der Waals surface area (Å²) in [6.07, 6.45) is 0. The number of nitrogens with zero attached hydrogens (tertiary/aromatic N) is 1. The topological polar surface area (TPSA) is 81.5 Å². The average molecular weight is 284 g/mol. The zero-order chi connectivity index (χ0) is 15.1. The SMILES string of the molecule is CC(C)COCCNC(=O)c1cc(F)ccc1[N+](=O)[O-]. The number of carbonyl (C=O) groups excluding carboxylic acids is 1. The van der Waals surface area contributed by atoms with Gasteiger partial charge in [0.2, 0.25) is 0 Å². The quantitative estimate of drug-likeness (QED) is 0.472. The van der Waals surface area contributed by atoms with E-state index in [0.717, 1.165) is 18.2 Å². The minimum absolute atomic E-state index is 0.208. The molecule has 0 heterocycles. The summed E-state index contributed by atoms with van der Waals surface area (Å²) in [7, 11) is 0. The lowest BCUT2D eigenvalue weighted by atomic mass is 10.1. The van der Waals surface area contributed by atoms with Gasteiger partial charge in [0.05, 0.1) is 11.5 Å². The van der Waals surface area contributed by atoms with Crippen LogP contribution in [0.15, 0.2) is 18.2 Å². The van der Waals surface area contributed by atoms with Gasteiger partial charge in [0.1, 0.15) is 11.4 Å². The Hall–Kier alpha value is -2.02. The van der Waals surface area contributed by atoms with Crippen molar-refractivity contribution in [2.24, 2.45) is 5.92 Å². The van der Waals surface area contributed by atoms with E-state index in [1.807, 2.05) is 13.8 Å². The Labute approximate surface area is 116 Å². The monoisotopic (exact) mass is 284 g/mol. The van der Waals surface area contributed by atoms with Crippen LogP contribution < -0.4 is 5.32 Å². The average Bonchev–Trinajstić information content (AvgIpc) is 2.37. The minimum atomic E-state index is -0.719. The van der Waals surface area contributed by atoms with Crippen molar-refractivity contribution in [1.29, 1.82) is 0 Å². The van der Waals surface area contributed by atoms with E-state index in [1.54, 1.807) is 0 Å². The fraction of sp³-hybridized carbons (Fsp3) is 0.462. The number of hydrogen-bond donors (Lipinski definition) is 1. The van der Waals surface area contributed by atoms with Gasteiger partial charge in [0, 0.05) is 19.2 Å². The maximum absolute atomic E-state index is 13.1. The van der Waals surface area contributed by atoms with E-state index in [-0.39, 0.29) is 12.1 Å². The Morgan fingerprint density at radius 1 is 1.50 bits per heavy atom. The molecule has 1 aromatic carbocycles. The highest BCUT2D eigenvalue weighted by Gasteiger charge is 2.20. The first-order valence-electron chi connectivity index (χ1n) is 6.21. The molecule has 0 saturated heterocycles. The van der Waals surface area contributed by atoms with E-state index >= 15 is 0 Å². The largest absolute Gasteiger partial charge is 0.379 e. The molecule has 0 saturated carbocycles. The molecular weight excluding hydrogens is 267 g/mol. The number of halogens is 1. The van der Waals surface area contributed by atoms with Crippen molar-refractivity contribution in [3.05, 3.63) is 39.7 Å². The highest BCUT2D eigenvalue weighted by Crippen LogP contribution is 2.19. The molecule has 0 atom stereocenters. The third-order valence-corrected chi connectivity index (χ3v) is 2.38. The van der Waals surface area contributed by atoms with Crippen molar-refractivity contribution in [2.75, 3.05) is 19.8 Å². The van der Waals surface area contributed by atoms with Crippen LogP contribution in [-0.4, -0.2) is 30.6 Å². The zero-order valence-corrected chi connectivity index (χ0v) is 11.4. The number of nitro groups is 1. The summed E-state index contributed by atoms with van der Waals surface area (Å²) in [4.78, 5) is 21.8. The molecule has 0 fully saturated rings. The molecule has 0 aliphatic rings. The van der Waals surface area contributed by atoms with Crippen LogP contribution in [0.1, 0.15) is 24.2 Å². The van der Waals surface area contributed by atoms with Gasteiger partial charge in [-0.25, -0.2) is 4.39 Å². The van der Waals surface area contributed by atoms with E-state index in [1.165, 1.54) is 0 Å². The van der Waals surface area contributed by atoms with Crippen LogP contribution in [0.3, 0.4) is 0 Å². The van der Waals surface area contributed by atoms with Crippen molar-refractivity contribution in [2.45, 2.75) is 13.8 Å². The van der Waals surface area contributed by atoms with Crippen LogP contribution in [0.5, 0.6) is 0 Å². The Bertz CT molecular complexity index is 491. The first-order valence-corrected chi connectivity index (χ1v) is 6.21. The maximum Gasteiger partial charge on any atom is 0.282 e. The first kappa shape index (κ1) is 16.0. The number of nitrogens with one attached hydrogen (secondary N) is 1. The van der Waals surface area contributed by atoms with Gasteiger partial charge in [-0.2, -0.15) is 0 Å². The van der Waals surface area contributed by atoms with Crippen LogP contribution in [0, 0.1) is 21.8 Å². The minimum Gasteiger partial charge on any atom is -0.379 e. The lowest BCUT2D eigenvalue weighted by Gasteiger charge is -2.08. The molecule has 0 spiro atoms. The van der Waals surface area contributed by atoms with Crippen molar-refractivity contribution in [1.82, 2.24) is 5.32 Å². The van der Waals surface area contributed by atoms with Gasteiger partial charge in [0.15, 0.2) is 0 Å². The summed E-state index contributed by atoms with van der Waals surface area (Å²) in [6, 6.07) is 2.77. The Morgan fingerprint density at radius 3 is 2.80 bits per heavy atom. The van der Waals surface area contributed by atoms with Crippen LogP contribution in [0.4, 0.5) is 10.1 Å². The molecule has 1 N–H and O–H groups in total. The van der Waals surface area contributed by atoms with Gasteiger partial charge in [-0.1, -0.05) is 13.8 Å². The lowest BCUT2D eigenvalue weighted by molar-refractivity contribution is -0.385. The summed E-state index contributed by atoms with van der Waals surface area (Å²) in [5, 5.41) is 13.2. The van der Waals surface area contributed by atoms with E-state index in [2.05, 4.69) is 5.32 Å². The normalized spacial score (nSPS) is 10.6. The van der Waals surface area contributed by atoms with Crippen molar-refractivity contribution >= 4 is 11.6 Å². The molecule has 6 nitrogen and oxygen atoms in total. The third-order valence-electron chi connectivity index (χ3n) is 2.38. The Morgan fingerprint density at radius 2 is 2.20 bits per heavy atom. The van der Waals surface area contributed by atoms with Gasteiger partial charge in [-0.15, -0.1) is 0 Å². The smallest absolute Gasteiger partial charge is 0.282 e. The van der Waals surface area contributed by atoms with Crippen LogP contribution in [0.25, 0.3) is 0 Å². The lowest BCUT2D eigenvalue weighted by Crippen LogP contribution is -2.28. The molecule has 0 bridgehead atoms. The van der Waals surface area contributed by atoms with Crippen molar-refractivity contribution in [3.8, 4) is 0 Å². The van der Waals surface area contributed by atoms with Crippen molar-refractivity contribution in [3.63, 3.8) is 0 Å². The fourth-order valence-electron chi connectivity index (χ4n) is 1.50. The Kier molecular flexibility index (Phi) is 6.05. The molecule has 0 aliphatic carbocycles. The summed E-state index contributed by atoms with van der Waals surface area (Å²) in [5.41, 5.74) is -0.717. The summed E-state index contributed by atoms with van der Waals surface area (Å²) < 4.78 is 18.3. The number of ether oxygens (including phenoxy) is 1. The number of carbonyl (C=O) groups is 1. The highest BCUT2D eigenvalue weighted by atomic mass is 19.1. The van der Waals surface area contributed by atoms with Crippen LogP contribution in [-0.2, 0) is 4.74 Å². The second-order valence-electron chi connectivity index (χ2n) is 4.64. The fourth-order valence-corrected chi connectivity index (χ4v) is 1.50. The summed E-state index contributed by atoms with van der Waals surface area (Å²) >= 11 is 0. The predicted octanol–water partition coefficient (Wildman–Crippen LogP) is 2.14.